The molecule has 0 unspecified atom stereocenters. The summed E-state index contributed by atoms with van der Waals surface area (Å²) in [5, 5.41) is 3.50. The standard InChI is InChI=1S/C15H21ClF2N2O/c1-2-21-15-12(16)9-11(10-13(15)18)14(3-4-17)20-7-5-19-6-8-20/h9-10,14,19H,2-8H2,1H3/t14-/m1/s1. The summed E-state index contributed by atoms with van der Waals surface area (Å²) in [6.45, 7) is 5.03. The molecule has 118 valence electrons. The Morgan fingerprint density at radius 3 is 2.67 bits per heavy atom. The smallest absolute Gasteiger partial charge is 0.173 e. The Hall–Kier alpha value is -0.910. The van der Waals surface area contributed by atoms with Gasteiger partial charge >= 0.3 is 0 Å². The molecule has 0 saturated carbocycles. The number of piperazine rings is 1. The van der Waals surface area contributed by atoms with Crippen LogP contribution in [0.25, 0.3) is 0 Å². The predicted octanol–water partition coefficient (Wildman–Crippen LogP) is 3.18. The minimum Gasteiger partial charge on any atom is -0.489 e. The largest absolute Gasteiger partial charge is 0.489 e. The molecule has 1 N–H and O–H groups in total. The summed E-state index contributed by atoms with van der Waals surface area (Å²) < 4.78 is 32.2. The number of alkyl halides is 1. The molecular formula is C15H21ClF2N2O. The van der Waals surface area contributed by atoms with Crippen molar-refractivity contribution in [2.24, 2.45) is 0 Å². The Balaban J connectivity index is 2.27. The number of nitrogens with zero attached hydrogens (tertiary/aromatic N) is 1. The fourth-order valence-electron chi connectivity index (χ4n) is 2.71. The van der Waals surface area contributed by atoms with Gasteiger partial charge in [0.2, 0.25) is 0 Å². The first-order valence-electron chi connectivity index (χ1n) is 7.29. The van der Waals surface area contributed by atoms with E-state index >= 15 is 0 Å². The third-order valence-electron chi connectivity index (χ3n) is 3.67. The van der Waals surface area contributed by atoms with E-state index in [1.165, 1.54) is 6.07 Å². The zero-order chi connectivity index (χ0) is 15.2. The monoisotopic (exact) mass is 318 g/mol. The molecule has 1 aliphatic rings. The van der Waals surface area contributed by atoms with Gasteiger partial charge in [0, 0.05) is 32.2 Å². The lowest BCUT2D eigenvalue weighted by molar-refractivity contribution is 0.157. The van der Waals surface area contributed by atoms with Gasteiger partial charge in [0.15, 0.2) is 11.6 Å². The molecule has 1 heterocycles. The van der Waals surface area contributed by atoms with Crippen molar-refractivity contribution >= 4 is 11.6 Å². The van der Waals surface area contributed by atoms with Gasteiger partial charge in [-0.05, 0) is 31.0 Å². The molecule has 6 heteroatoms. The zero-order valence-electron chi connectivity index (χ0n) is 12.2. The van der Waals surface area contributed by atoms with Gasteiger partial charge < -0.3 is 10.1 Å². The quantitative estimate of drug-likeness (QED) is 0.872. The maximum absolute atomic E-state index is 14.1. The summed E-state index contributed by atoms with van der Waals surface area (Å²) >= 11 is 6.11. The van der Waals surface area contributed by atoms with Crippen molar-refractivity contribution in [3.05, 3.63) is 28.5 Å². The number of ether oxygens (including phenoxy) is 1. The van der Waals surface area contributed by atoms with E-state index in [-0.39, 0.29) is 16.8 Å². The molecule has 0 aromatic heterocycles. The van der Waals surface area contributed by atoms with Gasteiger partial charge in [0.05, 0.1) is 18.3 Å². The Labute approximate surface area is 129 Å². The summed E-state index contributed by atoms with van der Waals surface area (Å²) in [6, 6.07) is 2.96. The normalized spacial score (nSPS) is 17.7. The summed E-state index contributed by atoms with van der Waals surface area (Å²) in [5.74, 6) is -0.416. The highest BCUT2D eigenvalue weighted by molar-refractivity contribution is 6.32. The summed E-state index contributed by atoms with van der Waals surface area (Å²) in [6.07, 6.45) is 0.337. The fourth-order valence-corrected chi connectivity index (χ4v) is 2.98. The number of hydrogen-bond acceptors (Lipinski definition) is 3. The average molecular weight is 319 g/mol. The van der Waals surface area contributed by atoms with Crippen LogP contribution in [0.15, 0.2) is 12.1 Å². The van der Waals surface area contributed by atoms with Crippen LogP contribution < -0.4 is 10.1 Å². The van der Waals surface area contributed by atoms with Crippen molar-refractivity contribution in [3.8, 4) is 5.75 Å². The van der Waals surface area contributed by atoms with E-state index in [0.29, 0.717) is 18.6 Å². The molecule has 1 aromatic carbocycles. The highest BCUT2D eigenvalue weighted by atomic mass is 35.5. The molecular weight excluding hydrogens is 298 g/mol. The second-order valence-corrected chi connectivity index (χ2v) is 5.43. The molecule has 0 amide bonds. The predicted molar refractivity (Wildman–Crippen MR) is 80.4 cm³/mol. The minimum atomic E-state index is -0.488. The maximum Gasteiger partial charge on any atom is 0.173 e. The molecule has 0 bridgehead atoms. The van der Waals surface area contributed by atoms with Gasteiger partial charge in [0.25, 0.3) is 0 Å². The first kappa shape index (κ1) is 16.5. The molecule has 3 nitrogen and oxygen atoms in total. The second kappa shape index (κ2) is 7.92. The van der Waals surface area contributed by atoms with Crippen LogP contribution in [0.4, 0.5) is 8.78 Å². The van der Waals surface area contributed by atoms with Gasteiger partial charge in [-0.1, -0.05) is 11.6 Å². The van der Waals surface area contributed by atoms with E-state index in [0.717, 1.165) is 26.2 Å². The van der Waals surface area contributed by atoms with Crippen LogP contribution >= 0.6 is 11.6 Å². The molecule has 1 aliphatic heterocycles. The zero-order valence-corrected chi connectivity index (χ0v) is 12.9. The maximum atomic E-state index is 14.1. The SMILES string of the molecule is CCOc1c(F)cc([C@@H](CCF)N2CCNCC2)cc1Cl. The van der Waals surface area contributed by atoms with Crippen LogP contribution in [0.5, 0.6) is 5.75 Å². The van der Waals surface area contributed by atoms with Crippen molar-refractivity contribution < 1.29 is 13.5 Å². The van der Waals surface area contributed by atoms with Gasteiger partial charge in [-0.3, -0.25) is 9.29 Å². The van der Waals surface area contributed by atoms with Gasteiger partial charge in [-0.2, -0.15) is 0 Å². The van der Waals surface area contributed by atoms with Crippen LogP contribution in [-0.4, -0.2) is 44.4 Å². The van der Waals surface area contributed by atoms with Crippen molar-refractivity contribution in [2.75, 3.05) is 39.5 Å². The van der Waals surface area contributed by atoms with E-state index < -0.39 is 12.5 Å². The molecule has 21 heavy (non-hydrogen) atoms. The van der Waals surface area contributed by atoms with Crippen LogP contribution in [-0.2, 0) is 0 Å². The highest BCUT2D eigenvalue weighted by Gasteiger charge is 2.24. The topological polar surface area (TPSA) is 24.5 Å². The van der Waals surface area contributed by atoms with Crippen molar-refractivity contribution in [3.63, 3.8) is 0 Å². The first-order valence-corrected chi connectivity index (χ1v) is 7.67. The van der Waals surface area contributed by atoms with E-state index in [4.69, 9.17) is 16.3 Å². The van der Waals surface area contributed by atoms with Crippen molar-refractivity contribution in [1.82, 2.24) is 10.2 Å². The lowest BCUT2D eigenvalue weighted by Gasteiger charge is -2.35. The minimum absolute atomic E-state index is 0.0715. The number of halogens is 3. The summed E-state index contributed by atoms with van der Waals surface area (Å²) in [4.78, 5) is 2.17. The van der Waals surface area contributed by atoms with Gasteiger partial charge in [0.1, 0.15) is 0 Å². The number of benzene rings is 1. The van der Waals surface area contributed by atoms with Crippen LogP contribution in [0, 0.1) is 5.82 Å². The van der Waals surface area contributed by atoms with Gasteiger partial charge in [-0.15, -0.1) is 0 Å². The van der Waals surface area contributed by atoms with Crippen LogP contribution in [0.1, 0.15) is 24.9 Å². The molecule has 0 aliphatic carbocycles. The van der Waals surface area contributed by atoms with E-state index in [1.807, 2.05) is 0 Å². The Morgan fingerprint density at radius 2 is 2.10 bits per heavy atom. The number of nitrogens with one attached hydrogen (secondary N) is 1. The third kappa shape index (κ3) is 4.05. The third-order valence-corrected chi connectivity index (χ3v) is 3.95. The molecule has 1 fully saturated rings. The Bertz CT molecular complexity index is 444. The summed E-state index contributed by atoms with van der Waals surface area (Å²) in [7, 11) is 0. The number of hydrogen-bond donors (Lipinski definition) is 1. The van der Waals surface area contributed by atoms with E-state index in [2.05, 4.69) is 10.2 Å². The fraction of sp³-hybridized carbons (Fsp3) is 0.600. The average Bonchev–Trinajstić information content (AvgIpc) is 2.49. The number of rotatable bonds is 6. The van der Waals surface area contributed by atoms with Crippen molar-refractivity contribution in [2.45, 2.75) is 19.4 Å². The summed E-state index contributed by atoms with van der Waals surface area (Å²) in [5.41, 5.74) is 0.709. The second-order valence-electron chi connectivity index (χ2n) is 5.03. The van der Waals surface area contributed by atoms with E-state index in [1.54, 1.807) is 13.0 Å². The molecule has 1 saturated heterocycles. The van der Waals surface area contributed by atoms with Crippen LogP contribution in [0.2, 0.25) is 5.02 Å². The van der Waals surface area contributed by atoms with Crippen molar-refractivity contribution in [1.29, 1.82) is 0 Å². The van der Waals surface area contributed by atoms with Crippen LogP contribution in [0.3, 0.4) is 0 Å². The molecule has 0 spiro atoms. The molecule has 2 rings (SSSR count). The molecule has 0 radical (unpaired) electrons. The lowest BCUT2D eigenvalue weighted by Crippen LogP contribution is -2.45. The Kier molecular flexibility index (Phi) is 6.21. The van der Waals surface area contributed by atoms with Gasteiger partial charge in [-0.25, -0.2) is 4.39 Å². The highest BCUT2D eigenvalue weighted by Crippen LogP contribution is 2.34. The first-order chi connectivity index (χ1) is 10.2. The molecule has 1 atom stereocenters. The van der Waals surface area contributed by atoms with E-state index in [9.17, 15) is 8.78 Å². The lowest BCUT2D eigenvalue weighted by atomic mass is 10.0. The molecule has 1 aromatic rings. The Morgan fingerprint density at radius 1 is 1.38 bits per heavy atom.